The molecule has 1 saturated heterocycles. The summed E-state index contributed by atoms with van der Waals surface area (Å²) < 4.78 is 5.09. The van der Waals surface area contributed by atoms with Gasteiger partial charge in [0, 0.05) is 0 Å². The fraction of sp³-hybridized carbons (Fsp3) is 1.00. The molecule has 53 valence electrons. The Morgan fingerprint density at radius 3 is 2.33 bits per heavy atom. The van der Waals surface area contributed by atoms with Crippen LogP contribution in [0, 0.1) is 0 Å². The SMILES string of the molecule is CC1OCC(C)(C)N1[O]. The molecule has 1 atom stereocenters. The van der Waals surface area contributed by atoms with Gasteiger partial charge in [0.05, 0.1) is 12.1 Å². The van der Waals surface area contributed by atoms with Gasteiger partial charge in [0.2, 0.25) is 0 Å². The number of nitrogens with zero attached hydrogens (tertiary/aromatic N) is 1. The summed E-state index contributed by atoms with van der Waals surface area (Å²) in [5, 5.41) is 12.0. The van der Waals surface area contributed by atoms with Crippen LogP contribution in [0.15, 0.2) is 0 Å². The molecule has 0 amide bonds. The summed E-state index contributed by atoms with van der Waals surface area (Å²) in [5.41, 5.74) is -0.320. The van der Waals surface area contributed by atoms with E-state index in [4.69, 9.17) is 4.74 Å². The Labute approximate surface area is 55.2 Å². The maximum absolute atomic E-state index is 11.0. The highest BCUT2D eigenvalue weighted by Crippen LogP contribution is 2.23. The van der Waals surface area contributed by atoms with Gasteiger partial charge in [0.15, 0.2) is 0 Å². The summed E-state index contributed by atoms with van der Waals surface area (Å²) in [6, 6.07) is 0. The van der Waals surface area contributed by atoms with Gasteiger partial charge < -0.3 is 4.74 Å². The Kier molecular flexibility index (Phi) is 1.50. The van der Waals surface area contributed by atoms with E-state index in [9.17, 15) is 5.21 Å². The van der Waals surface area contributed by atoms with E-state index in [2.05, 4.69) is 0 Å². The van der Waals surface area contributed by atoms with Crippen molar-refractivity contribution < 1.29 is 9.94 Å². The van der Waals surface area contributed by atoms with Gasteiger partial charge in [-0.15, -0.1) is 10.3 Å². The third-order valence-electron chi connectivity index (χ3n) is 1.60. The van der Waals surface area contributed by atoms with Crippen LogP contribution < -0.4 is 0 Å². The van der Waals surface area contributed by atoms with Crippen LogP contribution in [0.5, 0.6) is 0 Å². The van der Waals surface area contributed by atoms with Crippen molar-refractivity contribution >= 4 is 0 Å². The van der Waals surface area contributed by atoms with E-state index in [1.165, 1.54) is 0 Å². The molecule has 1 aliphatic rings. The standard InChI is InChI=1S/C6H12NO2/c1-5-7(8)6(2,3)4-9-5/h5H,4H2,1-3H3. The molecule has 1 radical (unpaired) electrons. The molecule has 0 aliphatic carbocycles. The Morgan fingerprint density at radius 2 is 2.22 bits per heavy atom. The van der Waals surface area contributed by atoms with E-state index in [0.29, 0.717) is 6.61 Å². The molecule has 1 fully saturated rings. The average molecular weight is 130 g/mol. The number of ether oxygens (including phenoxy) is 1. The highest BCUT2D eigenvalue weighted by atomic mass is 16.6. The van der Waals surface area contributed by atoms with E-state index < -0.39 is 0 Å². The summed E-state index contributed by atoms with van der Waals surface area (Å²) in [4.78, 5) is 0. The highest BCUT2D eigenvalue weighted by molar-refractivity contribution is 4.81. The topological polar surface area (TPSA) is 32.4 Å². The summed E-state index contributed by atoms with van der Waals surface area (Å²) in [6.45, 7) is 6.06. The minimum Gasteiger partial charge on any atom is -0.359 e. The maximum Gasteiger partial charge on any atom is 0.134 e. The lowest BCUT2D eigenvalue weighted by Crippen LogP contribution is -2.39. The average Bonchev–Trinajstić information content (AvgIpc) is 1.97. The van der Waals surface area contributed by atoms with Crippen molar-refractivity contribution in [2.75, 3.05) is 6.61 Å². The molecule has 0 aromatic carbocycles. The Bertz CT molecular complexity index is 114. The summed E-state index contributed by atoms with van der Waals surface area (Å²) >= 11 is 0. The van der Waals surface area contributed by atoms with E-state index in [-0.39, 0.29) is 11.8 Å². The van der Waals surface area contributed by atoms with Crippen LogP contribution >= 0.6 is 0 Å². The van der Waals surface area contributed by atoms with Gasteiger partial charge in [-0.1, -0.05) is 0 Å². The predicted molar refractivity (Wildman–Crippen MR) is 32.0 cm³/mol. The maximum atomic E-state index is 11.0. The van der Waals surface area contributed by atoms with Gasteiger partial charge in [-0.05, 0) is 20.8 Å². The van der Waals surface area contributed by atoms with Crippen LogP contribution in [0.4, 0.5) is 0 Å². The molecule has 1 aliphatic heterocycles. The lowest BCUT2D eigenvalue weighted by Gasteiger charge is -2.21. The van der Waals surface area contributed by atoms with Crippen molar-refractivity contribution in [1.29, 1.82) is 0 Å². The molecular weight excluding hydrogens is 118 g/mol. The highest BCUT2D eigenvalue weighted by Gasteiger charge is 2.38. The molecule has 1 unspecified atom stereocenters. The lowest BCUT2D eigenvalue weighted by atomic mass is 10.1. The van der Waals surface area contributed by atoms with Crippen LogP contribution in [0.25, 0.3) is 0 Å². The normalized spacial score (nSPS) is 35.3. The first kappa shape index (κ1) is 6.99. The summed E-state index contributed by atoms with van der Waals surface area (Å²) in [5.74, 6) is 0. The predicted octanol–water partition coefficient (Wildman–Crippen LogP) is 0.789. The molecular formula is C6H12NO2. The molecule has 0 N–H and O–H groups in total. The number of rotatable bonds is 0. The molecule has 9 heavy (non-hydrogen) atoms. The van der Waals surface area contributed by atoms with Crippen LogP contribution in [0.3, 0.4) is 0 Å². The second-order valence-electron chi connectivity index (χ2n) is 3.05. The fourth-order valence-corrected chi connectivity index (χ4v) is 0.948. The van der Waals surface area contributed by atoms with Gasteiger partial charge >= 0.3 is 0 Å². The second-order valence-corrected chi connectivity index (χ2v) is 3.05. The Balaban J connectivity index is 2.62. The van der Waals surface area contributed by atoms with E-state index in [1.54, 1.807) is 6.92 Å². The zero-order chi connectivity index (χ0) is 7.07. The summed E-state index contributed by atoms with van der Waals surface area (Å²) in [7, 11) is 0. The molecule has 0 aromatic heterocycles. The Hall–Kier alpha value is -0.120. The van der Waals surface area contributed by atoms with Crippen molar-refractivity contribution in [3.63, 3.8) is 0 Å². The van der Waals surface area contributed by atoms with Crippen molar-refractivity contribution in [2.45, 2.75) is 32.5 Å². The van der Waals surface area contributed by atoms with E-state index >= 15 is 0 Å². The quantitative estimate of drug-likeness (QED) is 0.485. The summed E-state index contributed by atoms with van der Waals surface area (Å²) in [6.07, 6.45) is -0.264. The van der Waals surface area contributed by atoms with Crippen molar-refractivity contribution in [3.8, 4) is 0 Å². The molecule has 0 bridgehead atoms. The minimum atomic E-state index is -0.320. The van der Waals surface area contributed by atoms with Crippen molar-refractivity contribution in [1.82, 2.24) is 5.06 Å². The third-order valence-corrected chi connectivity index (χ3v) is 1.60. The number of hydroxylamine groups is 2. The van der Waals surface area contributed by atoms with Crippen LogP contribution in [-0.2, 0) is 9.94 Å². The van der Waals surface area contributed by atoms with Gasteiger partial charge in [-0.25, -0.2) is 0 Å². The zero-order valence-corrected chi connectivity index (χ0v) is 6.05. The van der Waals surface area contributed by atoms with E-state index in [1.807, 2.05) is 13.8 Å². The molecule has 0 spiro atoms. The lowest BCUT2D eigenvalue weighted by molar-refractivity contribution is -0.235. The minimum absolute atomic E-state index is 0.264. The van der Waals surface area contributed by atoms with Crippen LogP contribution in [0.2, 0.25) is 0 Å². The van der Waals surface area contributed by atoms with E-state index in [0.717, 1.165) is 5.06 Å². The monoisotopic (exact) mass is 130 g/mol. The van der Waals surface area contributed by atoms with Gasteiger partial charge in [-0.2, -0.15) is 0 Å². The van der Waals surface area contributed by atoms with Gasteiger partial charge in [0.1, 0.15) is 6.23 Å². The number of hydrogen-bond acceptors (Lipinski definition) is 2. The van der Waals surface area contributed by atoms with Crippen LogP contribution in [0.1, 0.15) is 20.8 Å². The first-order chi connectivity index (χ1) is 4.04. The van der Waals surface area contributed by atoms with Crippen LogP contribution in [-0.4, -0.2) is 23.4 Å². The molecule has 1 rings (SSSR count). The third kappa shape index (κ3) is 1.08. The van der Waals surface area contributed by atoms with Crippen molar-refractivity contribution in [2.24, 2.45) is 0 Å². The van der Waals surface area contributed by atoms with Gasteiger partial charge in [-0.3, -0.25) is 0 Å². The second kappa shape index (κ2) is 1.94. The molecule has 1 heterocycles. The Morgan fingerprint density at radius 1 is 1.67 bits per heavy atom. The smallest absolute Gasteiger partial charge is 0.134 e. The molecule has 0 aromatic rings. The molecule has 3 nitrogen and oxygen atoms in total. The molecule has 0 saturated carbocycles. The van der Waals surface area contributed by atoms with Gasteiger partial charge in [0.25, 0.3) is 0 Å². The number of hydrogen-bond donors (Lipinski definition) is 0. The van der Waals surface area contributed by atoms with Crippen molar-refractivity contribution in [3.05, 3.63) is 0 Å². The fourth-order valence-electron chi connectivity index (χ4n) is 0.948. The molecule has 3 heteroatoms. The zero-order valence-electron chi connectivity index (χ0n) is 6.05. The first-order valence-electron chi connectivity index (χ1n) is 3.12. The first-order valence-corrected chi connectivity index (χ1v) is 3.12. The largest absolute Gasteiger partial charge is 0.359 e.